The van der Waals surface area contributed by atoms with Crippen LogP contribution in [0.2, 0.25) is 0 Å². The molecule has 1 aliphatic heterocycles. The second-order valence-corrected chi connectivity index (χ2v) is 5.51. The first-order valence-electron chi connectivity index (χ1n) is 7.27. The summed E-state index contributed by atoms with van der Waals surface area (Å²) in [5, 5.41) is 4.23. The maximum absolute atomic E-state index is 12.0. The number of nitrogens with zero attached hydrogens (tertiary/aromatic N) is 2. The van der Waals surface area contributed by atoms with Crippen molar-refractivity contribution in [3.8, 4) is 0 Å². The van der Waals surface area contributed by atoms with Gasteiger partial charge in [-0.25, -0.2) is 10.6 Å². The van der Waals surface area contributed by atoms with Crippen molar-refractivity contribution < 1.29 is 9.59 Å². The SMILES string of the molecule is NN1CCCN(CC(=O)NC2CCCCCC2)C1=O. The summed E-state index contributed by atoms with van der Waals surface area (Å²) in [5.74, 6) is 5.50. The van der Waals surface area contributed by atoms with E-state index in [9.17, 15) is 9.59 Å². The van der Waals surface area contributed by atoms with Crippen LogP contribution in [0.3, 0.4) is 0 Å². The fraction of sp³-hybridized carbons (Fsp3) is 0.846. The lowest BCUT2D eigenvalue weighted by Crippen LogP contribution is -2.55. The van der Waals surface area contributed by atoms with Crippen LogP contribution in [-0.4, -0.2) is 47.5 Å². The van der Waals surface area contributed by atoms with Gasteiger partial charge in [-0.1, -0.05) is 25.7 Å². The standard InChI is InChI=1S/C13H24N4O2/c14-17-9-5-8-16(13(17)19)10-12(18)15-11-6-3-1-2-4-7-11/h11H,1-10,14H2,(H,15,18). The van der Waals surface area contributed by atoms with Crippen LogP contribution in [-0.2, 0) is 4.79 Å². The number of hydrazine groups is 1. The number of rotatable bonds is 3. The molecular weight excluding hydrogens is 244 g/mol. The molecule has 0 radical (unpaired) electrons. The Morgan fingerprint density at radius 2 is 1.84 bits per heavy atom. The molecule has 3 N–H and O–H groups in total. The number of carbonyl (C=O) groups is 2. The Balaban J connectivity index is 1.78. The van der Waals surface area contributed by atoms with Crippen LogP contribution in [0.5, 0.6) is 0 Å². The van der Waals surface area contributed by atoms with E-state index in [1.165, 1.54) is 35.6 Å². The van der Waals surface area contributed by atoms with Gasteiger partial charge in [-0.2, -0.15) is 0 Å². The monoisotopic (exact) mass is 268 g/mol. The highest BCUT2D eigenvalue weighted by molar-refractivity contribution is 5.84. The highest BCUT2D eigenvalue weighted by Gasteiger charge is 2.25. The number of nitrogens with two attached hydrogens (primary N) is 1. The van der Waals surface area contributed by atoms with Crippen molar-refractivity contribution >= 4 is 11.9 Å². The zero-order valence-electron chi connectivity index (χ0n) is 11.4. The highest BCUT2D eigenvalue weighted by atomic mass is 16.2. The first-order valence-corrected chi connectivity index (χ1v) is 7.27. The van der Waals surface area contributed by atoms with E-state index in [0.717, 1.165) is 19.3 Å². The summed E-state index contributed by atoms with van der Waals surface area (Å²) >= 11 is 0. The van der Waals surface area contributed by atoms with E-state index >= 15 is 0 Å². The van der Waals surface area contributed by atoms with Gasteiger partial charge in [0.15, 0.2) is 0 Å². The highest BCUT2D eigenvalue weighted by Crippen LogP contribution is 2.17. The summed E-state index contributed by atoms with van der Waals surface area (Å²) in [7, 11) is 0. The molecule has 0 aromatic heterocycles. The van der Waals surface area contributed by atoms with Gasteiger partial charge < -0.3 is 10.2 Å². The second-order valence-electron chi connectivity index (χ2n) is 5.51. The maximum atomic E-state index is 12.0. The molecule has 0 bridgehead atoms. The van der Waals surface area contributed by atoms with Crippen molar-refractivity contribution in [1.82, 2.24) is 15.2 Å². The molecule has 19 heavy (non-hydrogen) atoms. The predicted molar refractivity (Wildman–Crippen MR) is 72.1 cm³/mol. The minimum absolute atomic E-state index is 0.0597. The van der Waals surface area contributed by atoms with Crippen LogP contribution in [0, 0.1) is 0 Å². The molecule has 3 amide bonds. The first kappa shape index (κ1) is 14.1. The van der Waals surface area contributed by atoms with Gasteiger partial charge in [0.2, 0.25) is 5.91 Å². The molecule has 2 aliphatic rings. The van der Waals surface area contributed by atoms with Crippen LogP contribution in [0.1, 0.15) is 44.9 Å². The summed E-state index contributed by atoms with van der Waals surface area (Å²) in [6, 6.07) is 0.0335. The van der Waals surface area contributed by atoms with Crippen molar-refractivity contribution in [3.05, 3.63) is 0 Å². The Kier molecular flexibility index (Phi) is 5.01. The van der Waals surface area contributed by atoms with E-state index in [0.29, 0.717) is 13.1 Å². The summed E-state index contributed by atoms with van der Waals surface area (Å²) in [6.45, 7) is 1.31. The molecule has 1 saturated heterocycles. The minimum atomic E-state index is -0.248. The number of hydrogen-bond acceptors (Lipinski definition) is 3. The van der Waals surface area contributed by atoms with Gasteiger partial charge in [0, 0.05) is 19.1 Å². The molecule has 0 spiro atoms. The van der Waals surface area contributed by atoms with Gasteiger partial charge in [-0.3, -0.25) is 9.80 Å². The molecule has 2 fully saturated rings. The topological polar surface area (TPSA) is 78.7 Å². The van der Waals surface area contributed by atoms with E-state index < -0.39 is 0 Å². The molecule has 1 saturated carbocycles. The molecule has 1 heterocycles. The Hall–Kier alpha value is -1.30. The summed E-state index contributed by atoms with van der Waals surface area (Å²) in [5.41, 5.74) is 0. The zero-order valence-corrected chi connectivity index (χ0v) is 11.4. The van der Waals surface area contributed by atoms with Crippen LogP contribution >= 0.6 is 0 Å². The molecule has 1 aliphatic carbocycles. The number of nitrogens with one attached hydrogen (secondary N) is 1. The third kappa shape index (κ3) is 4.09. The average Bonchev–Trinajstić information content (AvgIpc) is 2.63. The summed E-state index contributed by atoms with van der Waals surface area (Å²) in [6.07, 6.45) is 7.83. The molecule has 0 aromatic carbocycles. The fourth-order valence-corrected chi connectivity index (χ4v) is 2.82. The molecule has 6 nitrogen and oxygen atoms in total. The lowest BCUT2D eigenvalue weighted by molar-refractivity contribution is -0.122. The Morgan fingerprint density at radius 1 is 1.16 bits per heavy atom. The lowest BCUT2D eigenvalue weighted by Gasteiger charge is -2.32. The van der Waals surface area contributed by atoms with Crippen molar-refractivity contribution in [2.75, 3.05) is 19.6 Å². The second kappa shape index (κ2) is 6.75. The number of amides is 3. The van der Waals surface area contributed by atoms with Crippen LogP contribution < -0.4 is 11.2 Å². The maximum Gasteiger partial charge on any atom is 0.334 e. The first-order chi connectivity index (χ1) is 9.16. The molecule has 108 valence electrons. The van der Waals surface area contributed by atoms with E-state index in [1.807, 2.05) is 0 Å². The van der Waals surface area contributed by atoms with E-state index in [-0.39, 0.29) is 24.5 Å². The Bertz CT molecular complexity index is 327. The predicted octanol–water partition coefficient (Wildman–Crippen LogP) is 0.827. The van der Waals surface area contributed by atoms with E-state index in [1.54, 1.807) is 0 Å². The third-order valence-electron chi connectivity index (χ3n) is 3.90. The number of urea groups is 1. The van der Waals surface area contributed by atoms with Gasteiger partial charge in [0.05, 0.1) is 0 Å². The molecular formula is C13H24N4O2. The summed E-state index contributed by atoms with van der Waals surface area (Å²) < 4.78 is 0. The van der Waals surface area contributed by atoms with E-state index in [4.69, 9.17) is 5.84 Å². The smallest absolute Gasteiger partial charge is 0.334 e. The minimum Gasteiger partial charge on any atom is -0.352 e. The van der Waals surface area contributed by atoms with Crippen molar-refractivity contribution in [3.63, 3.8) is 0 Å². The Morgan fingerprint density at radius 3 is 2.53 bits per heavy atom. The van der Waals surface area contributed by atoms with Crippen LogP contribution in [0.25, 0.3) is 0 Å². The van der Waals surface area contributed by atoms with Gasteiger partial charge in [-0.05, 0) is 19.3 Å². The number of carbonyl (C=O) groups excluding carboxylic acids is 2. The van der Waals surface area contributed by atoms with Gasteiger partial charge in [-0.15, -0.1) is 0 Å². The van der Waals surface area contributed by atoms with Crippen LogP contribution in [0.4, 0.5) is 4.79 Å². The van der Waals surface area contributed by atoms with Crippen LogP contribution in [0.15, 0.2) is 0 Å². The molecule has 0 unspecified atom stereocenters. The largest absolute Gasteiger partial charge is 0.352 e. The molecule has 6 heteroatoms. The van der Waals surface area contributed by atoms with Gasteiger partial charge in [0.25, 0.3) is 0 Å². The lowest BCUT2D eigenvalue weighted by atomic mass is 10.1. The van der Waals surface area contributed by atoms with Gasteiger partial charge >= 0.3 is 6.03 Å². The Labute approximate surface area is 114 Å². The molecule has 2 rings (SSSR count). The molecule has 0 atom stereocenters. The quantitative estimate of drug-likeness (QED) is 0.452. The fourth-order valence-electron chi connectivity index (χ4n) is 2.82. The van der Waals surface area contributed by atoms with Crippen molar-refractivity contribution in [2.24, 2.45) is 5.84 Å². The number of hydrogen-bond donors (Lipinski definition) is 2. The zero-order chi connectivity index (χ0) is 13.7. The van der Waals surface area contributed by atoms with Crippen molar-refractivity contribution in [2.45, 2.75) is 51.0 Å². The molecule has 0 aromatic rings. The van der Waals surface area contributed by atoms with Gasteiger partial charge in [0.1, 0.15) is 6.54 Å². The van der Waals surface area contributed by atoms with E-state index in [2.05, 4.69) is 5.32 Å². The van der Waals surface area contributed by atoms with Crippen molar-refractivity contribution in [1.29, 1.82) is 0 Å². The third-order valence-corrected chi connectivity index (χ3v) is 3.90. The average molecular weight is 268 g/mol. The normalized spacial score (nSPS) is 22.3. The summed E-state index contributed by atoms with van der Waals surface area (Å²) in [4.78, 5) is 25.3.